The Balaban J connectivity index is 0.000000240. The van der Waals surface area contributed by atoms with Crippen molar-refractivity contribution in [2.45, 2.75) is 25.7 Å². The number of unbranched alkanes of at least 4 members (excludes halogenated alkanes) is 2. The fourth-order valence-electron chi connectivity index (χ4n) is 2.12. The molecule has 0 aliphatic heterocycles. The molecule has 0 bridgehead atoms. The van der Waals surface area contributed by atoms with E-state index in [1.54, 1.807) is 0 Å². The van der Waals surface area contributed by atoms with Gasteiger partial charge in [-0.1, -0.05) is 48.9 Å². The molecule has 0 aliphatic rings. The van der Waals surface area contributed by atoms with Gasteiger partial charge in [-0.2, -0.15) is 0 Å². The van der Waals surface area contributed by atoms with E-state index in [-0.39, 0.29) is 11.1 Å². The van der Waals surface area contributed by atoms with Crippen molar-refractivity contribution in [3.63, 3.8) is 0 Å². The van der Waals surface area contributed by atoms with Crippen molar-refractivity contribution in [1.29, 1.82) is 0 Å². The Morgan fingerprint density at radius 2 is 1.21 bits per heavy atom. The van der Waals surface area contributed by atoms with Crippen molar-refractivity contribution < 1.29 is 24.9 Å². The van der Waals surface area contributed by atoms with Crippen LogP contribution < -0.4 is 0 Å². The zero-order valence-corrected chi connectivity index (χ0v) is 13.4. The Bertz CT molecular complexity index is 604. The molecule has 0 atom stereocenters. The van der Waals surface area contributed by atoms with Gasteiger partial charge in [0.25, 0.3) is 0 Å². The summed E-state index contributed by atoms with van der Waals surface area (Å²) in [6, 6.07) is 16.0. The summed E-state index contributed by atoms with van der Waals surface area (Å²) in [6.45, 7) is 0.328. The number of aliphatic hydroxyl groups excluding tert-OH is 1. The average Bonchev–Trinajstić information content (AvgIpc) is 2.60. The summed E-state index contributed by atoms with van der Waals surface area (Å²) in [6.07, 6.45) is 4.39. The van der Waals surface area contributed by atoms with Gasteiger partial charge in [0, 0.05) is 6.61 Å². The molecule has 128 valence electrons. The van der Waals surface area contributed by atoms with E-state index in [4.69, 9.17) is 15.3 Å². The molecule has 3 N–H and O–H groups in total. The van der Waals surface area contributed by atoms with Gasteiger partial charge in [-0.15, -0.1) is 0 Å². The summed E-state index contributed by atoms with van der Waals surface area (Å²) in [4.78, 5) is 20.9. The van der Waals surface area contributed by atoms with Crippen LogP contribution in [0.1, 0.15) is 45.5 Å². The molecule has 0 radical (unpaired) electrons. The summed E-state index contributed by atoms with van der Waals surface area (Å²) in [5.74, 6) is -2.46. The Kier molecular flexibility index (Phi) is 8.86. The Hall–Kier alpha value is -2.66. The van der Waals surface area contributed by atoms with Gasteiger partial charge in [-0.05, 0) is 37.0 Å². The third kappa shape index (κ3) is 7.07. The van der Waals surface area contributed by atoms with Crippen molar-refractivity contribution >= 4 is 11.9 Å². The molecule has 5 nitrogen and oxygen atoms in total. The fourth-order valence-corrected chi connectivity index (χ4v) is 2.12. The van der Waals surface area contributed by atoms with Gasteiger partial charge in [0.05, 0.1) is 11.1 Å². The van der Waals surface area contributed by atoms with Crippen LogP contribution in [-0.4, -0.2) is 33.9 Å². The Morgan fingerprint density at radius 3 is 1.67 bits per heavy atom. The van der Waals surface area contributed by atoms with E-state index >= 15 is 0 Å². The van der Waals surface area contributed by atoms with Gasteiger partial charge in [0.1, 0.15) is 0 Å². The second-order valence-corrected chi connectivity index (χ2v) is 5.18. The van der Waals surface area contributed by atoms with E-state index in [0.29, 0.717) is 6.61 Å². The smallest absolute Gasteiger partial charge is 0.336 e. The second kappa shape index (κ2) is 11.0. The monoisotopic (exact) mass is 330 g/mol. The van der Waals surface area contributed by atoms with Crippen molar-refractivity contribution in [3.05, 3.63) is 71.3 Å². The standard InChI is InChI=1S/C11H16O.C8H6O4/c12-10-6-2-5-9-11-7-3-1-4-8-11;9-7(10)5-3-1-2-4-6(5)8(11)12/h1,3-4,7-8,12H,2,5-6,9-10H2;1-4H,(H,9,10)(H,11,12). The van der Waals surface area contributed by atoms with Crippen molar-refractivity contribution in [1.82, 2.24) is 0 Å². The van der Waals surface area contributed by atoms with Crippen LogP contribution in [0, 0.1) is 0 Å². The fraction of sp³-hybridized carbons (Fsp3) is 0.263. The number of aryl methyl sites for hydroxylation is 1. The summed E-state index contributed by atoms with van der Waals surface area (Å²) >= 11 is 0. The van der Waals surface area contributed by atoms with Gasteiger partial charge < -0.3 is 15.3 Å². The lowest BCUT2D eigenvalue weighted by Gasteiger charge is -1.99. The number of hydrogen-bond acceptors (Lipinski definition) is 3. The first-order chi connectivity index (χ1) is 11.6. The van der Waals surface area contributed by atoms with Gasteiger partial charge in [-0.3, -0.25) is 0 Å². The normalized spacial score (nSPS) is 9.71. The molecule has 0 fully saturated rings. The number of carbonyl (C=O) groups is 2. The zero-order valence-electron chi connectivity index (χ0n) is 13.4. The van der Waals surface area contributed by atoms with Gasteiger partial charge in [0.15, 0.2) is 0 Å². The average molecular weight is 330 g/mol. The van der Waals surface area contributed by atoms with Crippen LogP contribution in [0.25, 0.3) is 0 Å². The number of aromatic carboxylic acids is 2. The molecule has 0 spiro atoms. The molecule has 0 unspecified atom stereocenters. The summed E-state index contributed by atoms with van der Waals surface area (Å²) < 4.78 is 0. The maximum absolute atomic E-state index is 10.5. The molecule has 0 amide bonds. The van der Waals surface area contributed by atoms with Crippen molar-refractivity contribution in [2.75, 3.05) is 6.61 Å². The Morgan fingerprint density at radius 1 is 0.708 bits per heavy atom. The maximum Gasteiger partial charge on any atom is 0.336 e. The van der Waals surface area contributed by atoms with Crippen LogP contribution >= 0.6 is 0 Å². The van der Waals surface area contributed by atoms with Crippen LogP contribution in [0.4, 0.5) is 0 Å². The molecule has 0 saturated carbocycles. The van der Waals surface area contributed by atoms with Gasteiger partial charge >= 0.3 is 11.9 Å². The third-order valence-corrected chi connectivity index (χ3v) is 3.35. The molecular formula is C19H22O5. The minimum Gasteiger partial charge on any atom is -0.478 e. The summed E-state index contributed by atoms with van der Waals surface area (Å²) in [5.41, 5.74) is 1.02. The summed E-state index contributed by atoms with van der Waals surface area (Å²) in [5, 5.41) is 25.7. The van der Waals surface area contributed by atoms with Crippen LogP contribution in [0.2, 0.25) is 0 Å². The molecule has 0 heterocycles. The number of carboxylic acids is 2. The number of carboxylic acid groups (broad SMARTS) is 2. The molecular weight excluding hydrogens is 308 g/mol. The lowest BCUT2D eigenvalue weighted by atomic mass is 10.1. The quantitative estimate of drug-likeness (QED) is 0.676. The molecule has 0 aliphatic carbocycles. The number of hydrogen-bond donors (Lipinski definition) is 3. The Labute approximate surface area is 141 Å². The molecule has 24 heavy (non-hydrogen) atoms. The topological polar surface area (TPSA) is 94.8 Å². The minimum absolute atomic E-state index is 0.190. The van der Waals surface area contributed by atoms with Crippen LogP contribution in [0.5, 0.6) is 0 Å². The van der Waals surface area contributed by atoms with Gasteiger partial charge in [-0.25, -0.2) is 9.59 Å². The first-order valence-electron chi connectivity index (χ1n) is 7.76. The number of benzene rings is 2. The van der Waals surface area contributed by atoms with E-state index in [9.17, 15) is 9.59 Å². The highest BCUT2D eigenvalue weighted by Gasteiger charge is 2.13. The van der Waals surface area contributed by atoms with Gasteiger partial charge in [0.2, 0.25) is 0 Å². The number of rotatable bonds is 7. The molecule has 2 aromatic carbocycles. The lowest BCUT2D eigenvalue weighted by Crippen LogP contribution is -2.06. The molecule has 2 aromatic rings. The van der Waals surface area contributed by atoms with Crippen LogP contribution in [0.3, 0.4) is 0 Å². The van der Waals surface area contributed by atoms with E-state index < -0.39 is 11.9 Å². The molecule has 2 rings (SSSR count). The third-order valence-electron chi connectivity index (χ3n) is 3.35. The number of aliphatic hydroxyl groups is 1. The summed E-state index contributed by atoms with van der Waals surface area (Å²) in [7, 11) is 0. The maximum atomic E-state index is 10.5. The first kappa shape index (κ1) is 19.4. The highest BCUT2D eigenvalue weighted by molar-refractivity contribution is 6.01. The van der Waals surface area contributed by atoms with Crippen molar-refractivity contribution in [3.8, 4) is 0 Å². The van der Waals surface area contributed by atoms with E-state index in [1.165, 1.54) is 36.2 Å². The van der Waals surface area contributed by atoms with E-state index in [1.807, 2.05) is 6.07 Å². The van der Waals surface area contributed by atoms with Crippen LogP contribution in [0.15, 0.2) is 54.6 Å². The second-order valence-electron chi connectivity index (χ2n) is 5.18. The molecule has 0 aromatic heterocycles. The predicted molar refractivity (Wildman–Crippen MR) is 91.4 cm³/mol. The van der Waals surface area contributed by atoms with Crippen molar-refractivity contribution in [2.24, 2.45) is 0 Å². The minimum atomic E-state index is -1.23. The predicted octanol–water partition coefficient (Wildman–Crippen LogP) is 3.47. The first-order valence-corrected chi connectivity index (χ1v) is 7.76. The zero-order chi connectivity index (χ0) is 17.8. The molecule has 0 saturated heterocycles. The SMILES string of the molecule is O=C(O)c1ccccc1C(=O)O.OCCCCCc1ccccc1. The van der Waals surface area contributed by atoms with E-state index in [2.05, 4.69) is 24.3 Å². The molecule has 5 heteroatoms. The lowest BCUT2D eigenvalue weighted by molar-refractivity contribution is 0.0651. The van der Waals surface area contributed by atoms with Crippen LogP contribution in [-0.2, 0) is 6.42 Å². The largest absolute Gasteiger partial charge is 0.478 e. The van der Waals surface area contributed by atoms with E-state index in [0.717, 1.165) is 19.3 Å². The highest BCUT2D eigenvalue weighted by Crippen LogP contribution is 2.08. The highest BCUT2D eigenvalue weighted by atomic mass is 16.4.